The van der Waals surface area contributed by atoms with E-state index in [0.717, 1.165) is 31.8 Å². The van der Waals surface area contributed by atoms with E-state index in [1.165, 1.54) is 12.6 Å². The molecule has 0 saturated carbocycles. The van der Waals surface area contributed by atoms with Crippen LogP contribution >= 0.6 is 0 Å². The molecule has 2 rings (SSSR count). The van der Waals surface area contributed by atoms with Crippen LogP contribution in [0.25, 0.3) is 0 Å². The molecule has 1 aromatic heterocycles. The fraction of sp³-hybridized carbons (Fsp3) is 0.538. The van der Waals surface area contributed by atoms with E-state index in [9.17, 15) is 4.79 Å². The molecule has 1 fully saturated rings. The Labute approximate surface area is 107 Å². The molecular formula is C13H19N3O2. The van der Waals surface area contributed by atoms with Gasteiger partial charge in [0.2, 0.25) is 0 Å². The second kappa shape index (κ2) is 5.82. The third kappa shape index (κ3) is 2.79. The lowest BCUT2D eigenvalue weighted by Gasteiger charge is -2.34. The van der Waals surface area contributed by atoms with Crippen LogP contribution in [0.5, 0.6) is 0 Å². The number of ether oxygens (including phenoxy) is 1. The van der Waals surface area contributed by atoms with Gasteiger partial charge in [-0.25, -0.2) is 0 Å². The van der Waals surface area contributed by atoms with Crippen molar-refractivity contribution < 1.29 is 9.53 Å². The average Bonchev–Trinajstić information content (AvgIpc) is 2.39. The molecule has 1 atom stereocenters. The number of primary amides is 1. The van der Waals surface area contributed by atoms with E-state index < -0.39 is 5.91 Å². The standard InChI is InChI=1S/C13H19N3O2/c1-18-9-10-3-2-6-16(8-10)12-4-5-15-7-11(12)13(14)17/h4-5,7,10H,2-3,6,8-9H2,1H3,(H2,14,17). The third-order valence-corrected chi connectivity index (χ3v) is 3.33. The predicted molar refractivity (Wildman–Crippen MR) is 69.6 cm³/mol. The minimum atomic E-state index is -0.424. The van der Waals surface area contributed by atoms with E-state index in [2.05, 4.69) is 9.88 Å². The quantitative estimate of drug-likeness (QED) is 0.865. The topological polar surface area (TPSA) is 68.4 Å². The number of pyridine rings is 1. The highest BCUT2D eigenvalue weighted by Gasteiger charge is 2.22. The number of amides is 1. The summed E-state index contributed by atoms with van der Waals surface area (Å²) < 4.78 is 5.21. The second-order valence-corrected chi connectivity index (χ2v) is 4.67. The van der Waals surface area contributed by atoms with Gasteiger partial charge in [-0.1, -0.05) is 0 Å². The fourth-order valence-electron chi connectivity index (χ4n) is 2.51. The molecule has 0 radical (unpaired) electrons. The van der Waals surface area contributed by atoms with Crippen molar-refractivity contribution in [3.63, 3.8) is 0 Å². The molecule has 98 valence electrons. The summed E-state index contributed by atoms with van der Waals surface area (Å²) in [4.78, 5) is 17.6. The zero-order valence-corrected chi connectivity index (χ0v) is 10.6. The van der Waals surface area contributed by atoms with E-state index in [1.807, 2.05) is 6.07 Å². The normalized spacial score (nSPS) is 19.8. The van der Waals surface area contributed by atoms with E-state index in [4.69, 9.17) is 10.5 Å². The molecule has 1 saturated heterocycles. The molecule has 2 N–H and O–H groups in total. The molecule has 0 aliphatic carbocycles. The number of piperidine rings is 1. The van der Waals surface area contributed by atoms with Crippen molar-refractivity contribution in [2.24, 2.45) is 11.7 Å². The average molecular weight is 249 g/mol. The van der Waals surface area contributed by atoms with Gasteiger partial charge >= 0.3 is 0 Å². The molecule has 1 unspecified atom stereocenters. The van der Waals surface area contributed by atoms with Crippen LogP contribution in [-0.4, -0.2) is 37.7 Å². The number of aromatic nitrogens is 1. The van der Waals surface area contributed by atoms with E-state index in [0.29, 0.717) is 11.5 Å². The van der Waals surface area contributed by atoms with Gasteiger partial charge in [0.15, 0.2) is 0 Å². The van der Waals surface area contributed by atoms with Gasteiger partial charge in [0, 0.05) is 32.6 Å². The molecule has 5 heteroatoms. The van der Waals surface area contributed by atoms with Crippen LogP contribution in [0.3, 0.4) is 0 Å². The summed E-state index contributed by atoms with van der Waals surface area (Å²) in [6.07, 6.45) is 5.51. The number of methoxy groups -OCH3 is 1. The van der Waals surface area contributed by atoms with Gasteiger partial charge in [0.05, 0.1) is 17.9 Å². The first-order valence-corrected chi connectivity index (χ1v) is 6.20. The molecule has 1 aromatic rings. The van der Waals surface area contributed by atoms with Crippen LogP contribution in [0.1, 0.15) is 23.2 Å². The first-order valence-electron chi connectivity index (χ1n) is 6.20. The maximum Gasteiger partial charge on any atom is 0.252 e. The summed E-state index contributed by atoms with van der Waals surface area (Å²) in [6.45, 7) is 2.61. The van der Waals surface area contributed by atoms with Crippen molar-refractivity contribution in [2.75, 3.05) is 31.7 Å². The number of carbonyl (C=O) groups is 1. The Kier molecular flexibility index (Phi) is 4.15. The number of anilines is 1. The summed E-state index contributed by atoms with van der Waals surface area (Å²) >= 11 is 0. The van der Waals surface area contributed by atoms with Gasteiger partial charge in [-0.05, 0) is 24.8 Å². The maximum absolute atomic E-state index is 11.4. The van der Waals surface area contributed by atoms with E-state index in [-0.39, 0.29) is 0 Å². The third-order valence-electron chi connectivity index (χ3n) is 3.33. The Bertz CT molecular complexity index is 420. The highest BCUT2D eigenvalue weighted by molar-refractivity contribution is 5.98. The summed E-state index contributed by atoms with van der Waals surface area (Å²) in [6, 6.07) is 1.86. The van der Waals surface area contributed by atoms with Crippen LogP contribution in [0.4, 0.5) is 5.69 Å². The van der Waals surface area contributed by atoms with Crippen molar-refractivity contribution in [3.8, 4) is 0 Å². The molecule has 1 aliphatic heterocycles. The van der Waals surface area contributed by atoms with Crippen LogP contribution < -0.4 is 10.6 Å². The summed E-state index contributed by atoms with van der Waals surface area (Å²) in [5, 5.41) is 0. The number of rotatable bonds is 4. The highest BCUT2D eigenvalue weighted by Crippen LogP contribution is 2.25. The Hall–Kier alpha value is -1.62. The number of hydrogen-bond acceptors (Lipinski definition) is 4. The SMILES string of the molecule is COCC1CCCN(c2ccncc2C(N)=O)C1. The summed E-state index contributed by atoms with van der Waals surface area (Å²) in [7, 11) is 1.72. The lowest BCUT2D eigenvalue weighted by Crippen LogP contribution is -2.38. The van der Waals surface area contributed by atoms with E-state index >= 15 is 0 Å². The fourth-order valence-corrected chi connectivity index (χ4v) is 2.51. The van der Waals surface area contributed by atoms with Crippen LogP contribution in [0, 0.1) is 5.92 Å². The molecule has 18 heavy (non-hydrogen) atoms. The van der Waals surface area contributed by atoms with Gasteiger partial charge in [-0.3, -0.25) is 9.78 Å². The van der Waals surface area contributed by atoms with E-state index in [1.54, 1.807) is 13.3 Å². The minimum absolute atomic E-state index is 0.424. The molecular weight excluding hydrogens is 230 g/mol. The van der Waals surface area contributed by atoms with Crippen molar-refractivity contribution in [3.05, 3.63) is 24.0 Å². The van der Waals surface area contributed by atoms with Gasteiger partial charge < -0.3 is 15.4 Å². The van der Waals surface area contributed by atoms with Gasteiger partial charge in [-0.2, -0.15) is 0 Å². The molecule has 1 aliphatic rings. The predicted octanol–water partition coefficient (Wildman–Crippen LogP) is 1.04. The monoisotopic (exact) mass is 249 g/mol. The Morgan fingerprint density at radius 3 is 3.22 bits per heavy atom. The molecule has 2 heterocycles. The number of carbonyl (C=O) groups excluding carboxylic acids is 1. The van der Waals surface area contributed by atoms with Gasteiger partial charge in [-0.15, -0.1) is 0 Å². The maximum atomic E-state index is 11.4. The van der Waals surface area contributed by atoms with Crippen molar-refractivity contribution in [2.45, 2.75) is 12.8 Å². The van der Waals surface area contributed by atoms with Gasteiger partial charge in [0.1, 0.15) is 0 Å². The van der Waals surface area contributed by atoms with Crippen LogP contribution in [0.15, 0.2) is 18.5 Å². The molecule has 0 aromatic carbocycles. The first-order chi connectivity index (χ1) is 8.72. The molecule has 1 amide bonds. The summed E-state index contributed by atoms with van der Waals surface area (Å²) in [5.41, 5.74) is 6.77. The lowest BCUT2D eigenvalue weighted by molar-refractivity contribution is 0.1000. The molecule has 0 spiro atoms. The smallest absolute Gasteiger partial charge is 0.252 e. The Balaban J connectivity index is 2.18. The lowest BCUT2D eigenvalue weighted by atomic mass is 9.98. The van der Waals surface area contributed by atoms with Crippen molar-refractivity contribution in [1.82, 2.24) is 4.98 Å². The van der Waals surface area contributed by atoms with Crippen molar-refractivity contribution in [1.29, 1.82) is 0 Å². The zero-order valence-electron chi connectivity index (χ0n) is 10.6. The zero-order chi connectivity index (χ0) is 13.0. The highest BCUT2D eigenvalue weighted by atomic mass is 16.5. The molecule has 0 bridgehead atoms. The Morgan fingerprint density at radius 2 is 2.50 bits per heavy atom. The number of nitrogens with zero attached hydrogens (tertiary/aromatic N) is 2. The summed E-state index contributed by atoms with van der Waals surface area (Å²) in [5.74, 6) is 0.0876. The van der Waals surface area contributed by atoms with Gasteiger partial charge in [0.25, 0.3) is 5.91 Å². The first kappa shape index (κ1) is 12.8. The van der Waals surface area contributed by atoms with Crippen LogP contribution in [0.2, 0.25) is 0 Å². The Morgan fingerprint density at radius 1 is 1.67 bits per heavy atom. The number of nitrogens with two attached hydrogens (primary N) is 1. The van der Waals surface area contributed by atoms with Crippen LogP contribution in [-0.2, 0) is 4.74 Å². The molecule has 5 nitrogen and oxygen atoms in total. The number of hydrogen-bond donors (Lipinski definition) is 1. The van der Waals surface area contributed by atoms with Crippen molar-refractivity contribution >= 4 is 11.6 Å². The second-order valence-electron chi connectivity index (χ2n) is 4.67. The largest absolute Gasteiger partial charge is 0.384 e. The minimum Gasteiger partial charge on any atom is -0.384 e.